The van der Waals surface area contributed by atoms with Crippen LogP contribution in [-0.2, 0) is 12.7 Å². The smallest absolute Gasteiger partial charge is 0.351 e. The predicted molar refractivity (Wildman–Crippen MR) is 113 cm³/mol. The number of aromatic nitrogens is 5. The Hall–Kier alpha value is -2.73. The molecule has 0 saturated carbocycles. The molecule has 162 valence electrons. The number of halogens is 4. The molecule has 4 heterocycles. The summed E-state index contributed by atoms with van der Waals surface area (Å²) < 4.78 is 44.1. The van der Waals surface area contributed by atoms with E-state index in [0.717, 1.165) is 16.2 Å². The second kappa shape index (κ2) is 8.42. The lowest BCUT2D eigenvalue weighted by Gasteiger charge is -2.10. The van der Waals surface area contributed by atoms with Gasteiger partial charge in [-0.15, -0.1) is 11.3 Å². The Bertz CT molecular complexity index is 1210. The topological polar surface area (TPSA) is 77.1 Å². The van der Waals surface area contributed by atoms with Crippen LogP contribution in [0, 0.1) is 6.92 Å². The molecule has 0 radical (unpaired) electrons. The number of carbonyl (C=O) groups excluding carboxylic acids is 1. The number of rotatable bonds is 6. The summed E-state index contributed by atoms with van der Waals surface area (Å²) in [4.78, 5) is 17.3. The molecule has 4 rings (SSSR count). The number of aryl methyl sites for hydroxylation is 2. The average molecular weight is 513 g/mol. The Balaban J connectivity index is 1.51. The molecule has 0 bridgehead atoms. The standard InChI is InChI=1S/C19H16BrF3N6OS/c1-11-12(20)10-28(26-11)6-3-5-24-18(30)14-9-17-25-13(15-4-2-7-31-15)8-16(19(21,22)23)29(17)27-14/h2,4,7-10H,3,5-6H2,1H3,(H,24,30). The van der Waals surface area contributed by atoms with Crippen molar-refractivity contribution in [3.05, 3.63) is 57.4 Å². The van der Waals surface area contributed by atoms with Gasteiger partial charge in [0.1, 0.15) is 0 Å². The van der Waals surface area contributed by atoms with E-state index in [1.54, 1.807) is 22.2 Å². The van der Waals surface area contributed by atoms with Crippen molar-refractivity contribution < 1.29 is 18.0 Å². The highest BCUT2D eigenvalue weighted by molar-refractivity contribution is 9.10. The van der Waals surface area contributed by atoms with Crippen molar-refractivity contribution >= 4 is 38.8 Å². The van der Waals surface area contributed by atoms with E-state index < -0.39 is 17.8 Å². The van der Waals surface area contributed by atoms with E-state index in [-0.39, 0.29) is 17.0 Å². The lowest BCUT2D eigenvalue weighted by Crippen LogP contribution is -2.26. The molecule has 7 nitrogen and oxygen atoms in total. The summed E-state index contributed by atoms with van der Waals surface area (Å²) in [5.74, 6) is -0.561. The van der Waals surface area contributed by atoms with Gasteiger partial charge in [0, 0.05) is 25.4 Å². The molecule has 1 N–H and O–H groups in total. The van der Waals surface area contributed by atoms with Gasteiger partial charge < -0.3 is 5.32 Å². The Morgan fingerprint density at radius 3 is 2.74 bits per heavy atom. The number of hydrogen-bond acceptors (Lipinski definition) is 5. The number of nitrogens with zero attached hydrogens (tertiary/aromatic N) is 5. The van der Waals surface area contributed by atoms with Crippen molar-refractivity contribution in [2.24, 2.45) is 0 Å². The fourth-order valence-electron chi connectivity index (χ4n) is 2.98. The van der Waals surface area contributed by atoms with Crippen molar-refractivity contribution in [1.82, 2.24) is 29.7 Å². The van der Waals surface area contributed by atoms with Crippen LogP contribution in [-0.4, -0.2) is 36.8 Å². The van der Waals surface area contributed by atoms with Crippen LogP contribution < -0.4 is 5.32 Å². The zero-order valence-electron chi connectivity index (χ0n) is 16.1. The molecule has 0 aliphatic rings. The van der Waals surface area contributed by atoms with E-state index in [1.165, 1.54) is 17.4 Å². The van der Waals surface area contributed by atoms with Gasteiger partial charge in [0.05, 0.1) is 20.7 Å². The molecule has 4 aromatic rings. The monoisotopic (exact) mass is 512 g/mol. The van der Waals surface area contributed by atoms with E-state index in [0.29, 0.717) is 28.9 Å². The van der Waals surface area contributed by atoms with Crippen LogP contribution in [0.25, 0.3) is 16.2 Å². The summed E-state index contributed by atoms with van der Waals surface area (Å²) in [6.07, 6.45) is -2.21. The second-order valence-electron chi connectivity index (χ2n) is 6.74. The van der Waals surface area contributed by atoms with Crippen LogP contribution >= 0.6 is 27.3 Å². The normalized spacial score (nSPS) is 11.9. The number of nitrogens with one attached hydrogen (secondary N) is 1. The summed E-state index contributed by atoms with van der Waals surface area (Å²) in [6.45, 7) is 2.78. The average Bonchev–Trinajstić information content (AvgIpc) is 3.44. The summed E-state index contributed by atoms with van der Waals surface area (Å²) in [6, 6.07) is 5.62. The minimum Gasteiger partial charge on any atom is -0.351 e. The molecule has 0 fully saturated rings. The SMILES string of the molecule is Cc1nn(CCCNC(=O)c2cc3nc(-c4cccs4)cc(C(F)(F)F)n3n2)cc1Br. The predicted octanol–water partition coefficient (Wildman–Crippen LogP) is 4.56. The molecular weight excluding hydrogens is 497 g/mol. The van der Waals surface area contributed by atoms with E-state index in [2.05, 4.69) is 36.4 Å². The van der Waals surface area contributed by atoms with Crippen LogP contribution in [0.4, 0.5) is 13.2 Å². The van der Waals surface area contributed by atoms with Gasteiger partial charge in [-0.2, -0.15) is 23.4 Å². The number of thiophene rings is 1. The number of amides is 1. The number of alkyl halides is 3. The molecule has 1 amide bonds. The quantitative estimate of drug-likeness (QED) is 0.384. The van der Waals surface area contributed by atoms with Gasteiger partial charge in [0.25, 0.3) is 5.91 Å². The van der Waals surface area contributed by atoms with E-state index in [1.807, 2.05) is 13.1 Å². The van der Waals surface area contributed by atoms with Crippen LogP contribution in [0.2, 0.25) is 0 Å². The molecule has 0 atom stereocenters. The van der Waals surface area contributed by atoms with Crippen LogP contribution in [0.1, 0.15) is 28.3 Å². The molecule has 0 saturated heterocycles. The summed E-state index contributed by atoms with van der Waals surface area (Å²) in [5.41, 5.74) is -0.107. The maximum Gasteiger partial charge on any atom is 0.433 e. The van der Waals surface area contributed by atoms with E-state index >= 15 is 0 Å². The largest absolute Gasteiger partial charge is 0.433 e. The first-order valence-electron chi connectivity index (χ1n) is 9.22. The highest BCUT2D eigenvalue weighted by Crippen LogP contribution is 2.33. The van der Waals surface area contributed by atoms with Crippen LogP contribution in [0.5, 0.6) is 0 Å². The highest BCUT2D eigenvalue weighted by atomic mass is 79.9. The Morgan fingerprint density at radius 1 is 1.29 bits per heavy atom. The van der Waals surface area contributed by atoms with Crippen LogP contribution in [0.3, 0.4) is 0 Å². The van der Waals surface area contributed by atoms with Gasteiger partial charge in [-0.25, -0.2) is 9.50 Å². The first-order valence-corrected chi connectivity index (χ1v) is 10.9. The van der Waals surface area contributed by atoms with Crippen molar-refractivity contribution in [3.63, 3.8) is 0 Å². The van der Waals surface area contributed by atoms with Gasteiger partial charge in [0.2, 0.25) is 0 Å². The molecule has 31 heavy (non-hydrogen) atoms. The molecule has 0 spiro atoms. The zero-order valence-corrected chi connectivity index (χ0v) is 18.6. The summed E-state index contributed by atoms with van der Waals surface area (Å²) in [7, 11) is 0. The Labute approximate surface area is 187 Å². The Kier molecular flexibility index (Phi) is 5.84. The first kappa shape index (κ1) is 21.5. The van der Waals surface area contributed by atoms with Gasteiger partial charge in [-0.3, -0.25) is 9.48 Å². The second-order valence-corrected chi connectivity index (χ2v) is 8.54. The summed E-state index contributed by atoms with van der Waals surface area (Å²) >= 11 is 4.67. The van der Waals surface area contributed by atoms with Crippen molar-refractivity contribution in [1.29, 1.82) is 0 Å². The number of carbonyl (C=O) groups is 1. The van der Waals surface area contributed by atoms with E-state index in [9.17, 15) is 18.0 Å². The highest BCUT2D eigenvalue weighted by Gasteiger charge is 2.35. The molecule has 4 aromatic heterocycles. The third-order valence-electron chi connectivity index (χ3n) is 4.46. The van der Waals surface area contributed by atoms with Crippen molar-refractivity contribution in [3.8, 4) is 10.6 Å². The van der Waals surface area contributed by atoms with Crippen molar-refractivity contribution in [2.45, 2.75) is 26.1 Å². The molecule has 12 heteroatoms. The number of hydrogen-bond donors (Lipinski definition) is 1. The molecule has 0 unspecified atom stereocenters. The van der Waals surface area contributed by atoms with E-state index in [4.69, 9.17) is 0 Å². The molecular formula is C19H16BrF3N6OS. The maximum atomic E-state index is 13.6. The van der Waals surface area contributed by atoms with Crippen molar-refractivity contribution in [2.75, 3.05) is 6.54 Å². The molecule has 0 aromatic carbocycles. The number of fused-ring (bicyclic) bond motifs is 1. The maximum absolute atomic E-state index is 13.6. The van der Waals surface area contributed by atoms with Gasteiger partial charge in [0.15, 0.2) is 17.0 Å². The molecule has 0 aliphatic carbocycles. The lowest BCUT2D eigenvalue weighted by atomic mass is 10.2. The third kappa shape index (κ3) is 4.64. The van der Waals surface area contributed by atoms with Gasteiger partial charge in [-0.05, 0) is 46.8 Å². The fraction of sp³-hybridized carbons (Fsp3) is 0.263. The minimum absolute atomic E-state index is 0.0414. The summed E-state index contributed by atoms with van der Waals surface area (Å²) in [5, 5.41) is 12.6. The fourth-order valence-corrected chi connectivity index (χ4v) is 3.98. The van der Waals surface area contributed by atoms with Crippen LogP contribution in [0.15, 0.2) is 40.3 Å². The minimum atomic E-state index is -4.65. The Morgan fingerprint density at radius 2 is 2.10 bits per heavy atom. The lowest BCUT2D eigenvalue weighted by molar-refractivity contribution is -0.142. The zero-order chi connectivity index (χ0) is 22.2. The third-order valence-corrected chi connectivity index (χ3v) is 6.13. The van der Waals surface area contributed by atoms with Gasteiger partial charge >= 0.3 is 6.18 Å². The van der Waals surface area contributed by atoms with Gasteiger partial charge in [-0.1, -0.05) is 6.07 Å². The molecule has 0 aliphatic heterocycles. The first-order chi connectivity index (χ1) is 14.7.